The summed E-state index contributed by atoms with van der Waals surface area (Å²) in [6.07, 6.45) is 5.33. The highest BCUT2D eigenvalue weighted by Gasteiger charge is 2.21. The van der Waals surface area contributed by atoms with E-state index in [-0.39, 0.29) is 24.0 Å². The number of hydrogen-bond acceptors (Lipinski definition) is 5. The Labute approximate surface area is 188 Å². The number of aliphatic imine (C=N–C) groups is 1. The normalized spacial score (nSPS) is 26.1. The van der Waals surface area contributed by atoms with Gasteiger partial charge in [-0.3, -0.25) is 9.89 Å². The van der Waals surface area contributed by atoms with E-state index in [1.807, 2.05) is 0 Å². The molecular weight excluding hydrogens is 471 g/mol. The zero-order chi connectivity index (χ0) is 19.3. The van der Waals surface area contributed by atoms with Gasteiger partial charge in [-0.2, -0.15) is 0 Å². The molecule has 3 unspecified atom stereocenters. The Balaban J connectivity index is 0.00000392. The van der Waals surface area contributed by atoms with Gasteiger partial charge in [-0.15, -0.1) is 24.0 Å². The average molecular weight is 512 g/mol. The number of hydrogen-bond donors (Lipinski definition) is 2. The van der Waals surface area contributed by atoms with E-state index in [9.17, 15) is 0 Å². The average Bonchev–Trinajstić information content (AvgIpc) is 3.14. The number of nitrogens with zero attached hydrogens (tertiary/aromatic N) is 2. The third-order valence-corrected chi connectivity index (χ3v) is 4.83. The molecule has 7 nitrogen and oxygen atoms in total. The van der Waals surface area contributed by atoms with Crippen molar-refractivity contribution in [2.75, 3.05) is 59.1 Å². The van der Waals surface area contributed by atoms with Gasteiger partial charge in [0.15, 0.2) is 5.96 Å². The minimum atomic E-state index is 0. The number of nitrogens with one attached hydrogen (secondary N) is 2. The van der Waals surface area contributed by atoms with Crippen molar-refractivity contribution in [3.8, 4) is 0 Å². The number of halogens is 1. The molecule has 2 saturated heterocycles. The topological polar surface area (TPSA) is 67.4 Å². The fraction of sp³-hybridized carbons (Fsp3) is 0.950. The maximum absolute atomic E-state index is 5.79. The fourth-order valence-corrected chi connectivity index (χ4v) is 3.67. The minimum absolute atomic E-state index is 0. The van der Waals surface area contributed by atoms with Crippen molar-refractivity contribution in [3.05, 3.63) is 0 Å². The van der Waals surface area contributed by atoms with Crippen LogP contribution in [0.5, 0.6) is 0 Å². The van der Waals surface area contributed by atoms with Crippen LogP contribution in [-0.2, 0) is 14.2 Å². The maximum atomic E-state index is 5.79. The predicted octanol–water partition coefficient (Wildman–Crippen LogP) is 2.24. The van der Waals surface area contributed by atoms with Gasteiger partial charge < -0.3 is 24.8 Å². The molecule has 2 rings (SSSR count). The van der Waals surface area contributed by atoms with Gasteiger partial charge >= 0.3 is 0 Å². The highest BCUT2D eigenvalue weighted by Crippen LogP contribution is 2.12. The van der Waals surface area contributed by atoms with E-state index in [1.54, 1.807) is 0 Å². The molecule has 2 heterocycles. The lowest BCUT2D eigenvalue weighted by atomic mass is 10.2. The number of guanidine groups is 1. The van der Waals surface area contributed by atoms with Gasteiger partial charge in [-0.25, -0.2) is 0 Å². The summed E-state index contributed by atoms with van der Waals surface area (Å²) in [5.41, 5.74) is 0. The highest BCUT2D eigenvalue weighted by molar-refractivity contribution is 14.0. The monoisotopic (exact) mass is 512 g/mol. The third-order valence-electron chi connectivity index (χ3n) is 4.83. The molecule has 0 radical (unpaired) electrons. The summed E-state index contributed by atoms with van der Waals surface area (Å²) in [4.78, 5) is 7.14. The van der Waals surface area contributed by atoms with E-state index in [1.165, 1.54) is 6.42 Å². The van der Waals surface area contributed by atoms with Gasteiger partial charge in [0.25, 0.3) is 0 Å². The summed E-state index contributed by atoms with van der Waals surface area (Å²) in [6.45, 7) is 14.5. The molecular formula is C20H41IN4O3. The molecule has 166 valence electrons. The second-order valence-electron chi connectivity index (χ2n) is 7.62. The third kappa shape index (κ3) is 11.1. The van der Waals surface area contributed by atoms with Gasteiger partial charge in [-0.1, -0.05) is 0 Å². The fourth-order valence-electron chi connectivity index (χ4n) is 3.67. The Hall–Kier alpha value is -0.160. The molecule has 0 aromatic heterocycles. The lowest BCUT2D eigenvalue weighted by molar-refractivity contribution is -0.0679. The number of ether oxygens (including phenoxy) is 3. The van der Waals surface area contributed by atoms with E-state index in [4.69, 9.17) is 14.2 Å². The van der Waals surface area contributed by atoms with Crippen molar-refractivity contribution < 1.29 is 14.2 Å². The molecule has 0 aromatic rings. The second-order valence-corrected chi connectivity index (χ2v) is 7.62. The molecule has 8 heteroatoms. The first-order valence-electron chi connectivity index (χ1n) is 10.8. The Morgan fingerprint density at radius 3 is 2.64 bits per heavy atom. The zero-order valence-corrected chi connectivity index (χ0v) is 20.3. The highest BCUT2D eigenvalue weighted by atomic mass is 127. The Morgan fingerprint density at radius 1 is 1.18 bits per heavy atom. The van der Waals surface area contributed by atoms with E-state index in [2.05, 4.69) is 41.3 Å². The van der Waals surface area contributed by atoms with E-state index in [0.717, 1.165) is 84.3 Å². The molecule has 2 aliphatic rings. The van der Waals surface area contributed by atoms with Crippen molar-refractivity contribution in [2.24, 2.45) is 4.99 Å². The molecule has 2 aliphatic heterocycles. The Bertz CT molecular complexity index is 412. The molecule has 2 N–H and O–H groups in total. The molecule has 0 aromatic carbocycles. The van der Waals surface area contributed by atoms with Crippen LogP contribution in [0.4, 0.5) is 0 Å². The Kier molecular flexibility index (Phi) is 14.5. The van der Waals surface area contributed by atoms with Gasteiger partial charge in [0.05, 0.1) is 24.9 Å². The first kappa shape index (κ1) is 25.9. The van der Waals surface area contributed by atoms with Crippen LogP contribution in [0.2, 0.25) is 0 Å². The molecule has 0 spiro atoms. The summed E-state index contributed by atoms with van der Waals surface area (Å²) in [6, 6.07) is 0. The molecule has 2 fully saturated rings. The van der Waals surface area contributed by atoms with Crippen molar-refractivity contribution in [3.63, 3.8) is 0 Å². The van der Waals surface area contributed by atoms with Crippen LogP contribution in [0, 0.1) is 0 Å². The van der Waals surface area contributed by atoms with Crippen molar-refractivity contribution in [1.82, 2.24) is 15.5 Å². The molecule has 3 atom stereocenters. The van der Waals surface area contributed by atoms with Crippen LogP contribution in [0.1, 0.15) is 46.5 Å². The lowest BCUT2D eigenvalue weighted by Gasteiger charge is -2.35. The first-order valence-corrected chi connectivity index (χ1v) is 10.8. The van der Waals surface area contributed by atoms with Crippen LogP contribution in [0.15, 0.2) is 4.99 Å². The van der Waals surface area contributed by atoms with Crippen LogP contribution >= 0.6 is 24.0 Å². The SMILES string of the molecule is CCNC(=NCCCOCC1CCCO1)NCCCN1CC(C)OC(C)C1.I. The van der Waals surface area contributed by atoms with Gasteiger partial charge in [0.2, 0.25) is 0 Å². The van der Waals surface area contributed by atoms with Crippen LogP contribution in [0.25, 0.3) is 0 Å². The summed E-state index contributed by atoms with van der Waals surface area (Å²) >= 11 is 0. The van der Waals surface area contributed by atoms with E-state index < -0.39 is 0 Å². The molecule has 0 aliphatic carbocycles. The molecule has 28 heavy (non-hydrogen) atoms. The summed E-state index contributed by atoms with van der Waals surface area (Å²) in [7, 11) is 0. The van der Waals surface area contributed by atoms with E-state index in [0.29, 0.717) is 18.3 Å². The zero-order valence-electron chi connectivity index (χ0n) is 18.0. The van der Waals surface area contributed by atoms with Gasteiger partial charge in [0, 0.05) is 52.5 Å². The van der Waals surface area contributed by atoms with Crippen LogP contribution in [0.3, 0.4) is 0 Å². The van der Waals surface area contributed by atoms with Crippen molar-refractivity contribution >= 4 is 29.9 Å². The lowest BCUT2D eigenvalue weighted by Crippen LogP contribution is -2.46. The first-order chi connectivity index (χ1) is 13.2. The van der Waals surface area contributed by atoms with Crippen LogP contribution < -0.4 is 10.6 Å². The smallest absolute Gasteiger partial charge is 0.191 e. The second kappa shape index (κ2) is 15.6. The largest absolute Gasteiger partial charge is 0.379 e. The molecule has 0 saturated carbocycles. The Morgan fingerprint density at radius 2 is 1.96 bits per heavy atom. The number of morpholine rings is 1. The van der Waals surface area contributed by atoms with E-state index >= 15 is 0 Å². The van der Waals surface area contributed by atoms with Crippen molar-refractivity contribution in [2.45, 2.75) is 64.8 Å². The summed E-state index contributed by atoms with van der Waals surface area (Å²) in [5.74, 6) is 0.903. The summed E-state index contributed by atoms with van der Waals surface area (Å²) in [5, 5.41) is 6.75. The maximum Gasteiger partial charge on any atom is 0.191 e. The molecule has 0 bridgehead atoms. The number of rotatable bonds is 11. The standard InChI is InChI=1S/C20H40N4O3.HI/c1-4-21-20(23-10-7-12-25-16-19-8-5-13-26-19)22-9-6-11-24-14-17(2)27-18(3)15-24;/h17-19H,4-16H2,1-3H3,(H2,21,22,23);1H. The summed E-state index contributed by atoms with van der Waals surface area (Å²) < 4.78 is 17.0. The predicted molar refractivity (Wildman–Crippen MR) is 125 cm³/mol. The van der Waals surface area contributed by atoms with Gasteiger partial charge in [0.1, 0.15) is 0 Å². The van der Waals surface area contributed by atoms with Gasteiger partial charge in [-0.05, 0) is 46.5 Å². The quantitative estimate of drug-likeness (QED) is 0.192. The van der Waals surface area contributed by atoms with Crippen LogP contribution in [-0.4, -0.2) is 88.3 Å². The van der Waals surface area contributed by atoms with Crippen molar-refractivity contribution in [1.29, 1.82) is 0 Å². The minimum Gasteiger partial charge on any atom is -0.379 e. The molecule has 0 amide bonds.